The van der Waals surface area contributed by atoms with Gasteiger partial charge in [0.1, 0.15) is 18.5 Å². The maximum absolute atomic E-state index is 12.5. The van der Waals surface area contributed by atoms with Crippen LogP contribution in [0.3, 0.4) is 0 Å². The molecule has 1 heterocycles. The van der Waals surface area contributed by atoms with Crippen LogP contribution in [0, 0.1) is 0 Å². The van der Waals surface area contributed by atoms with E-state index >= 15 is 0 Å². The van der Waals surface area contributed by atoms with Crippen LogP contribution in [0.4, 0.5) is 10.8 Å². The third-order valence-corrected chi connectivity index (χ3v) is 7.04. The first-order valence-electron chi connectivity index (χ1n) is 12.8. The van der Waals surface area contributed by atoms with Crippen molar-refractivity contribution in [3.05, 3.63) is 71.2 Å². The van der Waals surface area contributed by atoms with Crippen LogP contribution in [0.2, 0.25) is 0 Å². The molecule has 0 radical (unpaired) electrons. The molecule has 0 aliphatic heterocycles. The van der Waals surface area contributed by atoms with Crippen molar-refractivity contribution < 1.29 is 14.6 Å². The molecule has 1 aromatic heterocycles. The number of carbonyl (C=O) groups excluding carboxylic acids is 1. The first-order chi connectivity index (χ1) is 17.6. The number of carbonyl (C=O) groups is 1. The van der Waals surface area contributed by atoms with Crippen molar-refractivity contribution in [1.82, 2.24) is 10.3 Å². The van der Waals surface area contributed by atoms with E-state index in [0.717, 1.165) is 40.8 Å². The van der Waals surface area contributed by atoms with Gasteiger partial charge in [-0.15, -0.1) is 11.3 Å². The van der Waals surface area contributed by atoms with Gasteiger partial charge in [0.05, 0.1) is 12.1 Å². The number of amides is 1. The summed E-state index contributed by atoms with van der Waals surface area (Å²) in [6, 6.07) is 17.9. The molecule has 0 unspecified atom stereocenters. The minimum absolute atomic E-state index is 0.0642. The maximum Gasteiger partial charge on any atom is 0.230 e. The molecule has 2 aromatic carbocycles. The molecule has 0 spiro atoms. The van der Waals surface area contributed by atoms with E-state index in [1.807, 2.05) is 60.0 Å². The lowest BCUT2D eigenvalue weighted by molar-refractivity contribution is -0.115. The number of anilines is 2. The van der Waals surface area contributed by atoms with Gasteiger partial charge >= 0.3 is 0 Å². The third-order valence-electron chi connectivity index (χ3n) is 6.22. The van der Waals surface area contributed by atoms with Crippen LogP contribution in [0.5, 0.6) is 5.75 Å². The number of hydrogen-bond donors (Lipinski definition) is 4. The Balaban J connectivity index is 1.11. The highest BCUT2D eigenvalue weighted by molar-refractivity contribution is 7.13. The Bertz CT molecular complexity index is 1050. The second-order valence-corrected chi connectivity index (χ2v) is 10.1. The Hall–Kier alpha value is -2.94. The standard InChI is InChI=1S/C28H36N4O3S/c33-25(19-35-26-9-5-2-6-10-26)18-29-16-15-21-11-13-23(14-12-21)30-27(34)17-24-20-36-28(32-24)31-22-7-3-1-4-8-22/h2,5-6,9-14,20,22,25,29,33H,1,3-4,7-8,15-19H2,(H,30,34)(H,31,32)/t25-/m0/s1. The van der Waals surface area contributed by atoms with Crippen molar-refractivity contribution in [1.29, 1.82) is 0 Å². The molecule has 4 N–H and O–H groups in total. The zero-order chi connectivity index (χ0) is 25.0. The minimum atomic E-state index is -0.570. The summed E-state index contributed by atoms with van der Waals surface area (Å²) in [5.41, 5.74) is 2.74. The van der Waals surface area contributed by atoms with Crippen LogP contribution in [0.1, 0.15) is 43.4 Å². The van der Waals surface area contributed by atoms with Crippen molar-refractivity contribution in [3.8, 4) is 5.75 Å². The van der Waals surface area contributed by atoms with Gasteiger partial charge in [0.2, 0.25) is 5.91 Å². The van der Waals surface area contributed by atoms with Gasteiger partial charge in [-0.3, -0.25) is 4.79 Å². The molecule has 1 aliphatic rings. The van der Waals surface area contributed by atoms with E-state index in [4.69, 9.17) is 4.74 Å². The predicted octanol–water partition coefficient (Wildman–Crippen LogP) is 4.64. The molecule has 0 saturated heterocycles. The monoisotopic (exact) mass is 508 g/mol. The number of benzene rings is 2. The van der Waals surface area contributed by atoms with Crippen molar-refractivity contribution in [2.24, 2.45) is 0 Å². The average molecular weight is 509 g/mol. The first kappa shape index (κ1) is 26.1. The molecule has 0 bridgehead atoms. The molecule has 36 heavy (non-hydrogen) atoms. The first-order valence-corrected chi connectivity index (χ1v) is 13.7. The van der Waals surface area contributed by atoms with Crippen LogP contribution in [-0.2, 0) is 17.6 Å². The third kappa shape index (κ3) is 8.93. The largest absolute Gasteiger partial charge is 0.491 e. The summed E-state index contributed by atoms with van der Waals surface area (Å²) in [4.78, 5) is 17.1. The molecule has 3 aromatic rings. The fourth-order valence-corrected chi connectivity index (χ4v) is 5.06. The van der Waals surface area contributed by atoms with Crippen molar-refractivity contribution >= 4 is 28.1 Å². The Morgan fingerprint density at radius 1 is 1.08 bits per heavy atom. The fraction of sp³-hybridized carbons (Fsp3) is 0.429. The van der Waals surface area contributed by atoms with E-state index in [1.165, 1.54) is 32.1 Å². The molecule has 1 amide bonds. The van der Waals surface area contributed by atoms with Crippen LogP contribution in [-0.4, -0.2) is 47.8 Å². The summed E-state index contributed by atoms with van der Waals surface area (Å²) < 4.78 is 5.57. The highest BCUT2D eigenvalue weighted by Crippen LogP contribution is 2.24. The second-order valence-electron chi connectivity index (χ2n) is 9.28. The minimum Gasteiger partial charge on any atom is -0.491 e. The summed E-state index contributed by atoms with van der Waals surface area (Å²) in [6.07, 6.45) is 6.82. The zero-order valence-electron chi connectivity index (χ0n) is 20.6. The summed E-state index contributed by atoms with van der Waals surface area (Å²) in [5.74, 6) is 0.692. The van der Waals surface area contributed by atoms with Gasteiger partial charge in [0.15, 0.2) is 5.13 Å². The topological polar surface area (TPSA) is 95.5 Å². The second kappa shape index (κ2) is 14.0. The number of aliphatic hydroxyl groups is 1. The molecule has 4 rings (SSSR count). The van der Waals surface area contributed by atoms with Crippen molar-refractivity contribution in [3.63, 3.8) is 0 Å². The fourth-order valence-electron chi connectivity index (χ4n) is 4.27. The number of thiazole rings is 1. The van der Waals surface area contributed by atoms with Gasteiger partial charge in [0, 0.05) is 23.7 Å². The van der Waals surface area contributed by atoms with Crippen molar-refractivity contribution in [2.75, 3.05) is 30.3 Å². The molecule has 8 heteroatoms. The van der Waals surface area contributed by atoms with Crippen LogP contribution in [0.25, 0.3) is 0 Å². The number of nitrogens with one attached hydrogen (secondary N) is 3. The van der Waals surface area contributed by atoms with Gasteiger partial charge in [-0.1, -0.05) is 49.6 Å². The SMILES string of the molecule is O=C(Cc1csc(NC2CCCCC2)n1)Nc1ccc(CCNC[C@H](O)COc2ccccc2)cc1. The lowest BCUT2D eigenvalue weighted by Crippen LogP contribution is -2.32. The van der Waals surface area contributed by atoms with Gasteiger partial charge in [-0.2, -0.15) is 0 Å². The van der Waals surface area contributed by atoms with Gasteiger partial charge in [-0.05, 0) is 55.6 Å². The number of hydrogen-bond acceptors (Lipinski definition) is 7. The lowest BCUT2D eigenvalue weighted by Gasteiger charge is -2.22. The Morgan fingerprint density at radius 2 is 1.86 bits per heavy atom. The van der Waals surface area contributed by atoms with Crippen LogP contribution < -0.4 is 20.7 Å². The van der Waals surface area contributed by atoms with E-state index in [9.17, 15) is 9.90 Å². The lowest BCUT2D eigenvalue weighted by atomic mass is 9.96. The molecule has 1 saturated carbocycles. The number of aromatic nitrogens is 1. The maximum atomic E-state index is 12.5. The summed E-state index contributed by atoms with van der Waals surface area (Å²) in [5, 5.41) is 22.7. The Kier molecular flexibility index (Phi) is 10.1. The Morgan fingerprint density at radius 3 is 2.64 bits per heavy atom. The molecule has 1 aliphatic carbocycles. The Labute approximate surface area is 217 Å². The molecule has 1 atom stereocenters. The summed E-state index contributed by atoms with van der Waals surface area (Å²) in [6.45, 7) is 1.47. The predicted molar refractivity (Wildman–Crippen MR) is 146 cm³/mol. The van der Waals surface area contributed by atoms with Crippen LogP contribution in [0.15, 0.2) is 60.0 Å². The zero-order valence-corrected chi connectivity index (χ0v) is 21.4. The van der Waals surface area contributed by atoms with E-state index in [0.29, 0.717) is 12.6 Å². The van der Waals surface area contributed by atoms with E-state index in [2.05, 4.69) is 20.9 Å². The number of rotatable bonds is 13. The summed E-state index contributed by atoms with van der Waals surface area (Å²) in [7, 11) is 0. The smallest absolute Gasteiger partial charge is 0.230 e. The highest BCUT2D eigenvalue weighted by atomic mass is 32.1. The quantitative estimate of drug-likeness (QED) is 0.251. The number of ether oxygens (including phenoxy) is 1. The molecule has 1 fully saturated rings. The molecular formula is C28H36N4O3S. The number of aliphatic hydroxyl groups excluding tert-OH is 1. The molecule has 192 valence electrons. The number of para-hydroxylation sites is 1. The normalized spacial score (nSPS) is 14.8. The van der Waals surface area contributed by atoms with Crippen molar-refractivity contribution in [2.45, 2.75) is 57.1 Å². The van der Waals surface area contributed by atoms with Gasteiger partial charge < -0.3 is 25.8 Å². The highest BCUT2D eigenvalue weighted by Gasteiger charge is 2.15. The van der Waals surface area contributed by atoms with Gasteiger partial charge in [0.25, 0.3) is 0 Å². The van der Waals surface area contributed by atoms with E-state index in [1.54, 1.807) is 11.3 Å². The van der Waals surface area contributed by atoms with Crippen LogP contribution >= 0.6 is 11.3 Å². The number of nitrogens with zero attached hydrogens (tertiary/aromatic N) is 1. The molecular weight excluding hydrogens is 472 g/mol. The average Bonchev–Trinajstić information content (AvgIpc) is 3.33. The van der Waals surface area contributed by atoms with E-state index in [-0.39, 0.29) is 18.9 Å². The molecule has 7 nitrogen and oxygen atoms in total. The van der Waals surface area contributed by atoms with Gasteiger partial charge in [-0.25, -0.2) is 4.98 Å². The summed E-state index contributed by atoms with van der Waals surface area (Å²) >= 11 is 1.58. The van der Waals surface area contributed by atoms with E-state index < -0.39 is 6.10 Å².